The molecule has 1 saturated heterocycles. The van der Waals surface area contributed by atoms with E-state index < -0.39 is 0 Å². The average molecular weight is 323 g/mol. The van der Waals surface area contributed by atoms with Crippen LogP contribution in [0.4, 0.5) is 0 Å². The van der Waals surface area contributed by atoms with Crippen LogP contribution >= 0.6 is 11.6 Å². The van der Waals surface area contributed by atoms with Crippen LogP contribution < -0.4 is 10.6 Å². The fraction of sp³-hybridized carbons (Fsp3) is 0.588. The third-order valence-electron chi connectivity index (χ3n) is 4.64. The number of benzene rings is 1. The molecule has 0 aromatic heterocycles. The lowest BCUT2D eigenvalue weighted by Crippen LogP contribution is -2.48. The van der Waals surface area contributed by atoms with Gasteiger partial charge >= 0.3 is 0 Å². The summed E-state index contributed by atoms with van der Waals surface area (Å²) in [6.45, 7) is 2.15. The van der Waals surface area contributed by atoms with Gasteiger partial charge in [0.15, 0.2) is 0 Å². The number of amides is 1. The zero-order valence-electron chi connectivity index (χ0n) is 12.7. The molecule has 4 nitrogen and oxygen atoms in total. The Labute approximate surface area is 136 Å². The fourth-order valence-electron chi connectivity index (χ4n) is 3.54. The maximum Gasteiger partial charge on any atom is 0.222 e. The quantitative estimate of drug-likeness (QED) is 0.896. The van der Waals surface area contributed by atoms with Crippen LogP contribution in [0.15, 0.2) is 24.3 Å². The molecule has 1 saturated carbocycles. The molecule has 1 heterocycles. The van der Waals surface area contributed by atoms with E-state index in [9.17, 15) is 4.79 Å². The SMILES string of the molecule is O=C(CC1COCCN1)NC1(c2cccc(Cl)c2)CCCC1. The van der Waals surface area contributed by atoms with E-state index in [0.29, 0.717) is 13.0 Å². The van der Waals surface area contributed by atoms with Gasteiger partial charge in [0.25, 0.3) is 0 Å². The number of halogens is 1. The summed E-state index contributed by atoms with van der Waals surface area (Å²) in [6.07, 6.45) is 4.69. The van der Waals surface area contributed by atoms with Crippen molar-refractivity contribution >= 4 is 17.5 Å². The highest BCUT2D eigenvalue weighted by atomic mass is 35.5. The Morgan fingerprint density at radius 3 is 2.91 bits per heavy atom. The van der Waals surface area contributed by atoms with Gasteiger partial charge in [-0.05, 0) is 30.5 Å². The summed E-state index contributed by atoms with van der Waals surface area (Å²) < 4.78 is 5.42. The molecule has 1 aromatic carbocycles. The predicted molar refractivity (Wildman–Crippen MR) is 87.0 cm³/mol. The van der Waals surface area contributed by atoms with Crippen LogP contribution in [0.25, 0.3) is 0 Å². The zero-order valence-corrected chi connectivity index (χ0v) is 13.5. The standard InChI is InChI=1S/C17H23ClN2O2/c18-14-5-3-4-13(10-14)17(6-1-2-7-17)20-16(21)11-15-12-22-9-8-19-15/h3-5,10,15,19H,1-2,6-9,11-12H2,(H,20,21). The number of morpholine rings is 1. The van der Waals surface area contributed by atoms with Crippen molar-refractivity contribution < 1.29 is 9.53 Å². The molecule has 0 spiro atoms. The van der Waals surface area contributed by atoms with Crippen molar-refractivity contribution in [3.05, 3.63) is 34.9 Å². The predicted octanol–water partition coefficient (Wildman–Crippen LogP) is 2.60. The Balaban J connectivity index is 1.70. The highest BCUT2D eigenvalue weighted by Crippen LogP contribution is 2.39. The lowest BCUT2D eigenvalue weighted by molar-refractivity contribution is -0.124. The number of nitrogens with one attached hydrogen (secondary N) is 2. The van der Waals surface area contributed by atoms with Crippen molar-refractivity contribution in [1.29, 1.82) is 0 Å². The molecule has 2 aliphatic rings. The van der Waals surface area contributed by atoms with Crippen LogP contribution in [-0.4, -0.2) is 31.7 Å². The maximum atomic E-state index is 12.5. The van der Waals surface area contributed by atoms with Crippen LogP contribution in [0.3, 0.4) is 0 Å². The molecular formula is C17H23ClN2O2. The molecule has 1 amide bonds. The second-order valence-electron chi connectivity index (χ2n) is 6.28. The second kappa shape index (κ2) is 6.99. The summed E-state index contributed by atoms with van der Waals surface area (Å²) in [5.41, 5.74) is 0.871. The molecule has 1 aromatic rings. The van der Waals surface area contributed by atoms with E-state index >= 15 is 0 Å². The van der Waals surface area contributed by atoms with Gasteiger partial charge < -0.3 is 15.4 Å². The van der Waals surface area contributed by atoms with E-state index in [1.807, 2.05) is 18.2 Å². The zero-order chi connectivity index (χ0) is 15.4. The molecule has 120 valence electrons. The van der Waals surface area contributed by atoms with Crippen molar-refractivity contribution in [2.75, 3.05) is 19.8 Å². The highest BCUT2D eigenvalue weighted by Gasteiger charge is 2.37. The molecule has 2 N–H and O–H groups in total. The average Bonchev–Trinajstić information content (AvgIpc) is 2.98. The van der Waals surface area contributed by atoms with Gasteiger partial charge in [-0.1, -0.05) is 36.6 Å². The number of hydrogen-bond acceptors (Lipinski definition) is 3. The summed E-state index contributed by atoms with van der Waals surface area (Å²) in [7, 11) is 0. The number of carbonyl (C=O) groups is 1. The van der Waals surface area contributed by atoms with E-state index in [-0.39, 0.29) is 17.5 Å². The molecule has 1 atom stereocenters. The Morgan fingerprint density at radius 1 is 1.41 bits per heavy atom. The highest BCUT2D eigenvalue weighted by molar-refractivity contribution is 6.30. The summed E-state index contributed by atoms with van der Waals surface area (Å²) >= 11 is 6.14. The molecule has 2 fully saturated rings. The van der Waals surface area contributed by atoms with E-state index in [0.717, 1.165) is 49.4 Å². The minimum atomic E-state index is -0.252. The van der Waals surface area contributed by atoms with Crippen molar-refractivity contribution in [3.8, 4) is 0 Å². The Kier molecular flexibility index (Phi) is 5.01. The summed E-state index contributed by atoms with van der Waals surface area (Å²) in [6, 6.07) is 8.00. The molecule has 5 heteroatoms. The smallest absolute Gasteiger partial charge is 0.222 e. The first kappa shape index (κ1) is 15.8. The Hall–Kier alpha value is -1.10. The van der Waals surface area contributed by atoms with Crippen LogP contribution in [0, 0.1) is 0 Å². The van der Waals surface area contributed by atoms with Gasteiger partial charge in [0, 0.05) is 24.0 Å². The lowest BCUT2D eigenvalue weighted by atomic mass is 9.88. The summed E-state index contributed by atoms with van der Waals surface area (Å²) in [4.78, 5) is 12.5. The molecule has 0 bridgehead atoms. The van der Waals surface area contributed by atoms with E-state index in [4.69, 9.17) is 16.3 Å². The normalized spacial score (nSPS) is 24.1. The van der Waals surface area contributed by atoms with Crippen molar-refractivity contribution in [2.24, 2.45) is 0 Å². The van der Waals surface area contributed by atoms with Gasteiger partial charge in [0.1, 0.15) is 0 Å². The number of rotatable bonds is 4. The first-order chi connectivity index (χ1) is 10.7. The fourth-order valence-corrected chi connectivity index (χ4v) is 3.73. The van der Waals surface area contributed by atoms with Crippen LogP contribution in [0.2, 0.25) is 5.02 Å². The molecular weight excluding hydrogens is 300 g/mol. The maximum absolute atomic E-state index is 12.5. The minimum absolute atomic E-state index is 0.0878. The topological polar surface area (TPSA) is 50.4 Å². The summed E-state index contributed by atoms with van der Waals surface area (Å²) in [5, 5.41) is 7.34. The molecule has 3 rings (SSSR count). The van der Waals surface area contributed by atoms with Crippen LogP contribution in [-0.2, 0) is 15.1 Å². The van der Waals surface area contributed by atoms with Crippen molar-refractivity contribution in [1.82, 2.24) is 10.6 Å². The van der Waals surface area contributed by atoms with Crippen LogP contribution in [0.1, 0.15) is 37.7 Å². The van der Waals surface area contributed by atoms with Gasteiger partial charge in [-0.15, -0.1) is 0 Å². The number of carbonyl (C=O) groups excluding carboxylic acids is 1. The third kappa shape index (κ3) is 3.62. The van der Waals surface area contributed by atoms with E-state index in [1.165, 1.54) is 0 Å². The first-order valence-electron chi connectivity index (χ1n) is 8.06. The van der Waals surface area contributed by atoms with Crippen molar-refractivity contribution in [3.63, 3.8) is 0 Å². The third-order valence-corrected chi connectivity index (χ3v) is 4.88. The van der Waals surface area contributed by atoms with E-state index in [1.54, 1.807) is 0 Å². The van der Waals surface area contributed by atoms with Gasteiger partial charge in [-0.3, -0.25) is 4.79 Å². The van der Waals surface area contributed by atoms with Crippen LogP contribution in [0.5, 0.6) is 0 Å². The molecule has 1 aliphatic heterocycles. The lowest BCUT2D eigenvalue weighted by Gasteiger charge is -2.32. The number of hydrogen-bond donors (Lipinski definition) is 2. The molecule has 1 aliphatic carbocycles. The monoisotopic (exact) mass is 322 g/mol. The van der Waals surface area contributed by atoms with Gasteiger partial charge in [-0.25, -0.2) is 0 Å². The first-order valence-corrected chi connectivity index (χ1v) is 8.44. The molecule has 0 radical (unpaired) electrons. The Bertz CT molecular complexity index is 523. The second-order valence-corrected chi connectivity index (χ2v) is 6.71. The number of ether oxygens (including phenoxy) is 1. The van der Waals surface area contributed by atoms with Gasteiger partial charge in [-0.2, -0.15) is 0 Å². The largest absolute Gasteiger partial charge is 0.378 e. The molecule has 1 unspecified atom stereocenters. The minimum Gasteiger partial charge on any atom is -0.378 e. The molecule has 22 heavy (non-hydrogen) atoms. The van der Waals surface area contributed by atoms with Crippen molar-refractivity contribution in [2.45, 2.75) is 43.7 Å². The summed E-state index contributed by atoms with van der Waals surface area (Å²) in [5.74, 6) is 0.0878. The van der Waals surface area contributed by atoms with E-state index in [2.05, 4.69) is 16.7 Å². The van der Waals surface area contributed by atoms with Gasteiger partial charge in [0.05, 0.1) is 18.8 Å². The van der Waals surface area contributed by atoms with Gasteiger partial charge in [0.2, 0.25) is 5.91 Å². The Morgan fingerprint density at radius 2 is 2.23 bits per heavy atom.